The van der Waals surface area contributed by atoms with Gasteiger partial charge >= 0.3 is 0 Å². The fraction of sp³-hybridized carbons (Fsp3) is 0.438. The lowest BCUT2D eigenvalue weighted by atomic mass is 10.1. The molecule has 0 spiro atoms. The van der Waals surface area contributed by atoms with E-state index in [-0.39, 0.29) is 11.9 Å². The van der Waals surface area contributed by atoms with Gasteiger partial charge in [-0.15, -0.1) is 10.2 Å². The highest BCUT2D eigenvalue weighted by Gasteiger charge is 2.33. The molecule has 9 nitrogen and oxygen atoms in total. The van der Waals surface area contributed by atoms with Crippen molar-refractivity contribution in [1.82, 2.24) is 39.5 Å². The normalized spacial score (nSPS) is 17.3. The molecule has 1 unspecified atom stereocenters. The maximum absolute atomic E-state index is 13.3. The third-order valence-corrected chi connectivity index (χ3v) is 4.55. The predicted octanol–water partition coefficient (Wildman–Crippen LogP) is 0.444. The number of nitrogens with one attached hydrogen (secondary N) is 1. The van der Waals surface area contributed by atoms with Gasteiger partial charge in [0.1, 0.15) is 5.82 Å². The zero-order chi connectivity index (χ0) is 17.6. The molecule has 1 aliphatic heterocycles. The van der Waals surface area contributed by atoms with Gasteiger partial charge in [-0.3, -0.25) is 4.79 Å². The molecule has 3 aromatic rings. The van der Waals surface area contributed by atoms with Gasteiger partial charge in [-0.25, -0.2) is 9.97 Å². The first-order chi connectivity index (χ1) is 12.0. The smallest absolute Gasteiger partial charge is 0.256 e. The summed E-state index contributed by atoms with van der Waals surface area (Å²) >= 11 is 0. The van der Waals surface area contributed by atoms with Crippen molar-refractivity contribution in [2.45, 2.75) is 26.1 Å². The molecule has 3 aromatic heterocycles. The number of hydrogen-bond donors (Lipinski definition) is 1. The van der Waals surface area contributed by atoms with Crippen LogP contribution in [-0.4, -0.2) is 72.1 Å². The zero-order valence-corrected chi connectivity index (χ0v) is 14.5. The molecule has 0 fully saturated rings. The molecule has 130 valence electrons. The molecule has 1 amide bonds. The second-order valence-corrected chi connectivity index (χ2v) is 6.58. The van der Waals surface area contributed by atoms with Crippen LogP contribution in [0.25, 0.3) is 11.2 Å². The Kier molecular flexibility index (Phi) is 3.72. The quantitative estimate of drug-likeness (QED) is 0.743. The summed E-state index contributed by atoms with van der Waals surface area (Å²) < 4.78 is 2.09. The minimum Gasteiger partial charge on any atom is -0.343 e. The van der Waals surface area contributed by atoms with Crippen LogP contribution in [0.15, 0.2) is 18.6 Å². The molecule has 1 N–H and O–H groups in total. The van der Waals surface area contributed by atoms with E-state index in [2.05, 4.69) is 34.6 Å². The number of hydrogen-bond acceptors (Lipinski definition) is 6. The second kappa shape index (κ2) is 5.92. The number of carbonyl (C=O) groups excluding carboxylic acids is 1. The van der Waals surface area contributed by atoms with Gasteiger partial charge in [-0.1, -0.05) is 0 Å². The van der Waals surface area contributed by atoms with Crippen molar-refractivity contribution in [2.24, 2.45) is 0 Å². The van der Waals surface area contributed by atoms with Crippen LogP contribution < -0.4 is 0 Å². The summed E-state index contributed by atoms with van der Waals surface area (Å²) in [5, 5.41) is 8.38. The minimum atomic E-state index is -0.0459. The fourth-order valence-corrected chi connectivity index (χ4v) is 3.37. The summed E-state index contributed by atoms with van der Waals surface area (Å²) in [6, 6.07) is 1.77. The van der Waals surface area contributed by atoms with Gasteiger partial charge in [0.15, 0.2) is 11.5 Å². The summed E-state index contributed by atoms with van der Waals surface area (Å²) in [6.45, 7) is 3.84. The Morgan fingerprint density at radius 1 is 1.36 bits per heavy atom. The Hall–Kier alpha value is -2.81. The zero-order valence-electron chi connectivity index (χ0n) is 14.5. The van der Waals surface area contributed by atoms with E-state index in [4.69, 9.17) is 0 Å². The van der Waals surface area contributed by atoms with Gasteiger partial charge in [-0.2, -0.15) is 0 Å². The highest BCUT2D eigenvalue weighted by atomic mass is 16.2. The third kappa shape index (κ3) is 2.66. The highest BCUT2D eigenvalue weighted by Crippen LogP contribution is 2.23. The Labute approximate surface area is 144 Å². The van der Waals surface area contributed by atoms with Crippen LogP contribution in [0.4, 0.5) is 0 Å². The number of fused-ring (bicyclic) bond motifs is 2. The third-order valence-electron chi connectivity index (χ3n) is 4.55. The van der Waals surface area contributed by atoms with Crippen molar-refractivity contribution < 1.29 is 4.79 Å². The standard InChI is InChI=1S/C16H20N8O/c1-10-20-21-13-8-24(11(6-22(2)3)7-23(10)13)16(25)12-4-5-17-15-14(12)18-9-19-15/h4-5,9,11H,6-8H2,1-3H3,(H,17,18,19). The molecule has 1 atom stereocenters. The van der Waals surface area contributed by atoms with Crippen LogP contribution in [-0.2, 0) is 13.1 Å². The molecule has 1 aliphatic rings. The summed E-state index contributed by atoms with van der Waals surface area (Å²) in [4.78, 5) is 28.6. The second-order valence-electron chi connectivity index (χ2n) is 6.58. The first-order valence-corrected chi connectivity index (χ1v) is 8.17. The Balaban J connectivity index is 1.73. The van der Waals surface area contributed by atoms with Crippen molar-refractivity contribution in [3.05, 3.63) is 35.8 Å². The molecule has 0 radical (unpaired) electrons. The number of carbonyl (C=O) groups is 1. The van der Waals surface area contributed by atoms with E-state index < -0.39 is 0 Å². The summed E-state index contributed by atoms with van der Waals surface area (Å²) in [6.07, 6.45) is 3.18. The SMILES string of the molecule is Cc1nnc2n1CC(CN(C)C)N(C(=O)c1ccnc3nc[nH]c13)C2. The van der Waals surface area contributed by atoms with Crippen molar-refractivity contribution in [2.75, 3.05) is 20.6 Å². The van der Waals surface area contributed by atoms with Gasteiger partial charge in [0, 0.05) is 19.3 Å². The molecule has 0 saturated carbocycles. The maximum atomic E-state index is 13.3. The lowest BCUT2D eigenvalue weighted by Crippen LogP contribution is -2.51. The van der Waals surface area contributed by atoms with Crippen molar-refractivity contribution >= 4 is 17.1 Å². The number of aromatic nitrogens is 6. The van der Waals surface area contributed by atoms with E-state index in [1.54, 1.807) is 18.6 Å². The number of imidazole rings is 1. The van der Waals surface area contributed by atoms with Crippen molar-refractivity contribution in [1.29, 1.82) is 0 Å². The summed E-state index contributed by atoms with van der Waals surface area (Å²) in [5.41, 5.74) is 1.79. The van der Waals surface area contributed by atoms with E-state index in [0.29, 0.717) is 29.8 Å². The fourth-order valence-electron chi connectivity index (χ4n) is 3.37. The Morgan fingerprint density at radius 3 is 3.00 bits per heavy atom. The van der Waals surface area contributed by atoms with Crippen LogP contribution >= 0.6 is 0 Å². The maximum Gasteiger partial charge on any atom is 0.256 e. The molecule has 4 heterocycles. The van der Waals surface area contributed by atoms with Crippen LogP contribution in [0, 0.1) is 6.92 Å². The minimum absolute atomic E-state index is 0.0378. The first-order valence-electron chi connectivity index (χ1n) is 8.17. The number of nitrogens with zero attached hydrogens (tertiary/aromatic N) is 7. The Bertz CT molecular complexity index is 927. The van der Waals surface area contributed by atoms with Gasteiger partial charge in [0.2, 0.25) is 0 Å². The lowest BCUT2D eigenvalue weighted by Gasteiger charge is -2.37. The van der Waals surface area contributed by atoms with Gasteiger partial charge in [-0.05, 0) is 27.1 Å². The first kappa shape index (κ1) is 15.7. The molecular formula is C16H20N8O. The van der Waals surface area contributed by atoms with Crippen LogP contribution in [0.5, 0.6) is 0 Å². The number of rotatable bonds is 3. The molecule has 9 heteroatoms. The monoisotopic (exact) mass is 340 g/mol. The number of likely N-dealkylation sites (N-methyl/N-ethyl adjacent to an activating group) is 1. The molecule has 0 bridgehead atoms. The molecular weight excluding hydrogens is 320 g/mol. The molecule has 4 rings (SSSR count). The van der Waals surface area contributed by atoms with Gasteiger partial charge < -0.3 is 19.4 Å². The van der Waals surface area contributed by atoms with E-state index >= 15 is 0 Å². The van der Waals surface area contributed by atoms with Gasteiger partial charge in [0.25, 0.3) is 5.91 Å². The highest BCUT2D eigenvalue weighted by molar-refractivity contribution is 6.04. The average molecular weight is 340 g/mol. The number of aryl methyl sites for hydroxylation is 1. The van der Waals surface area contributed by atoms with E-state index in [1.807, 2.05) is 25.9 Å². The van der Waals surface area contributed by atoms with Crippen molar-refractivity contribution in [3.8, 4) is 0 Å². The number of aromatic amines is 1. The van der Waals surface area contributed by atoms with Crippen LogP contribution in [0.3, 0.4) is 0 Å². The largest absolute Gasteiger partial charge is 0.343 e. The van der Waals surface area contributed by atoms with Crippen LogP contribution in [0.2, 0.25) is 0 Å². The van der Waals surface area contributed by atoms with E-state index in [0.717, 1.165) is 18.2 Å². The average Bonchev–Trinajstić information content (AvgIpc) is 3.20. The van der Waals surface area contributed by atoms with Crippen molar-refractivity contribution in [3.63, 3.8) is 0 Å². The lowest BCUT2D eigenvalue weighted by molar-refractivity contribution is 0.0544. The molecule has 0 aromatic carbocycles. The Morgan fingerprint density at radius 2 is 2.20 bits per heavy atom. The summed E-state index contributed by atoms with van der Waals surface area (Å²) in [7, 11) is 4.02. The number of amides is 1. The van der Waals surface area contributed by atoms with E-state index in [9.17, 15) is 4.79 Å². The number of pyridine rings is 1. The van der Waals surface area contributed by atoms with E-state index in [1.165, 1.54) is 0 Å². The molecule has 0 saturated heterocycles. The molecule has 25 heavy (non-hydrogen) atoms. The molecule has 0 aliphatic carbocycles. The summed E-state index contributed by atoms with van der Waals surface area (Å²) in [5.74, 6) is 1.65. The number of H-pyrrole nitrogens is 1. The van der Waals surface area contributed by atoms with Gasteiger partial charge in [0.05, 0.1) is 30.0 Å². The topological polar surface area (TPSA) is 95.8 Å². The van der Waals surface area contributed by atoms with Crippen LogP contribution in [0.1, 0.15) is 22.0 Å². The predicted molar refractivity (Wildman–Crippen MR) is 90.9 cm³/mol.